The summed E-state index contributed by atoms with van der Waals surface area (Å²) in [7, 11) is 0. The molecule has 0 saturated carbocycles. The highest BCUT2D eigenvalue weighted by atomic mass is 16.5. The second-order valence-corrected chi connectivity index (χ2v) is 3.45. The first-order valence-corrected chi connectivity index (χ1v) is 4.48. The lowest BCUT2D eigenvalue weighted by atomic mass is 10.1. The van der Waals surface area contributed by atoms with Gasteiger partial charge in [0.25, 0.3) is 0 Å². The number of aromatic nitrogens is 2. The van der Waals surface area contributed by atoms with Crippen LogP contribution in [-0.2, 0) is 9.53 Å². The van der Waals surface area contributed by atoms with Crippen LogP contribution in [0.15, 0.2) is 4.52 Å². The van der Waals surface area contributed by atoms with Crippen LogP contribution in [0, 0.1) is 12.8 Å². The molecule has 0 aromatic carbocycles. The van der Waals surface area contributed by atoms with Gasteiger partial charge in [0, 0.05) is 13.8 Å². The highest BCUT2D eigenvalue weighted by molar-refractivity contribution is 5.66. The van der Waals surface area contributed by atoms with E-state index in [2.05, 4.69) is 10.1 Å². The van der Waals surface area contributed by atoms with Gasteiger partial charge in [-0.05, 0) is 5.92 Å². The van der Waals surface area contributed by atoms with Gasteiger partial charge in [-0.25, -0.2) is 0 Å². The molecule has 0 bridgehead atoms. The van der Waals surface area contributed by atoms with Crippen LogP contribution < -0.4 is 0 Å². The Morgan fingerprint density at radius 3 is 2.50 bits per heavy atom. The van der Waals surface area contributed by atoms with Gasteiger partial charge in [0.05, 0.1) is 0 Å². The average Bonchev–Trinajstić information content (AvgIpc) is 2.46. The van der Waals surface area contributed by atoms with Crippen molar-refractivity contribution < 1.29 is 14.1 Å². The van der Waals surface area contributed by atoms with Gasteiger partial charge in [-0.3, -0.25) is 4.79 Å². The van der Waals surface area contributed by atoms with E-state index in [4.69, 9.17) is 9.26 Å². The Morgan fingerprint density at radius 2 is 2.14 bits per heavy atom. The molecule has 0 fully saturated rings. The van der Waals surface area contributed by atoms with Gasteiger partial charge < -0.3 is 9.26 Å². The Morgan fingerprint density at radius 1 is 1.50 bits per heavy atom. The van der Waals surface area contributed by atoms with E-state index in [0.717, 1.165) is 0 Å². The Kier molecular flexibility index (Phi) is 3.22. The SMILES string of the molecule is CC(=O)OC(c1noc(C)n1)C(C)C. The molecular formula is C9H14N2O3. The lowest BCUT2D eigenvalue weighted by Crippen LogP contribution is -2.15. The Hall–Kier alpha value is -1.39. The fourth-order valence-electron chi connectivity index (χ4n) is 1.10. The summed E-state index contributed by atoms with van der Waals surface area (Å²) in [5, 5.41) is 3.73. The fourth-order valence-corrected chi connectivity index (χ4v) is 1.10. The molecule has 1 aromatic rings. The van der Waals surface area contributed by atoms with Crippen molar-refractivity contribution >= 4 is 5.97 Å². The number of esters is 1. The van der Waals surface area contributed by atoms with Crippen LogP contribution in [0.1, 0.15) is 38.6 Å². The molecule has 1 rings (SSSR count). The molecule has 0 radical (unpaired) electrons. The van der Waals surface area contributed by atoms with Gasteiger partial charge in [0.1, 0.15) is 0 Å². The first kappa shape index (κ1) is 10.7. The summed E-state index contributed by atoms with van der Waals surface area (Å²) in [6, 6.07) is 0. The molecule has 0 aliphatic heterocycles. The minimum absolute atomic E-state index is 0.121. The molecule has 0 N–H and O–H groups in total. The maximum atomic E-state index is 10.8. The van der Waals surface area contributed by atoms with E-state index in [-0.39, 0.29) is 11.9 Å². The number of carbonyl (C=O) groups is 1. The van der Waals surface area contributed by atoms with Gasteiger partial charge in [0.15, 0.2) is 6.10 Å². The first-order chi connectivity index (χ1) is 6.50. The zero-order valence-electron chi connectivity index (χ0n) is 8.77. The number of aryl methyl sites for hydroxylation is 1. The predicted octanol–water partition coefficient (Wildman–Crippen LogP) is 1.64. The van der Waals surface area contributed by atoms with E-state index < -0.39 is 6.10 Å². The van der Waals surface area contributed by atoms with Gasteiger partial charge >= 0.3 is 5.97 Å². The summed E-state index contributed by atoms with van der Waals surface area (Å²) in [6.07, 6.45) is -0.426. The zero-order chi connectivity index (χ0) is 10.7. The first-order valence-electron chi connectivity index (χ1n) is 4.48. The van der Waals surface area contributed by atoms with Crippen molar-refractivity contribution in [3.05, 3.63) is 11.7 Å². The van der Waals surface area contributed by atoms with Crippen LogP contribution in [0.25, 0.3) is 0 Å². The van der Waals surface area contributed by atoms with E-state index >= 15 is 0 Å². The molecule has 5 heteroatoms. The largest absolute Gasteiger partial charge is 0.454 e. The second-order valence-electron chi connectivity index (χ2n) is 3.45. The zero-order valence-corrected chi connectivity index (χ0v) is 8.77. The van der Waals surface area contributed by atoms with Crippen molar-refractivity contribution in [3.63, 3.8) is 0 Å². The summed E-state index contributed by atoms with van der Waals surface area (Å²) < 4.78 is 9.91. The minimum atomic E-state index is -0.426. The molecule has 0 saturated heterocycles. The van der Waals surface area contributed by atoms with Crippen LogP contribution in [0.3, 0.4) is 0 Å². The van der Waals surface area contributed by atoms with Crippen molar-refractivity contribution in [3.8, 4) is 0 Å². The summed E-state index contributed by atoms with van der Waals surface area (Å²) in [5.74, 6) is 0.674. The van der Waals surface area contributed by atoms with Crippen molar-refractivity contribution in [1.29, 1.82) is 0 Å². The Labute approximate surface area is 82.4 Å². The Balaban J connectivity index is 2.82. The van der Waals surface area contributed by atoms with Crippen molar-refractivity contribution in [2.24, 2.45) is 5.92 Å². The summed E-state index contributed by atoms with van der Waals surface area (Å²) in [4.78, 5) is 14.9. The third kappa shape index (κ3) is 2.55. The molecule has 0 amide bonds. The number of hydrogen-bond acceptors (Lipinski definition) is 5. The molecule has 5 nitrogen and oxygen atoms in total. The molecular weight excluding hydrogens is 184 g/mol. The third-order valence-electron chi connectivity index (χ3n) is 1.70. The maximum Gasteiger partial charge on any atom is 0.303 e. The number of nitrogens with zero attached hydrogens (tertiary/aromatic N) is 2. The highest BCUT2D eigenvalue weighted by Gasteiger charge is 2.23. The lowest BCUT2D eigenvalue weighted by Gasteiger charge is -2.16. The molecule has 0 aliphatic carbocycles. The fraction of sp³-hybridized carbons (Fsp3) is 0.667. The van der Waals surface area contributed by atoms with Crippen molar-refractivity contribution in [1.82, 2.24) is 10.1 Å². The number of ether oxygens (including phenoxy) is 1. The van der Waals surface area contributed by atoms with Gasteiger partial charge in [-0.15, -0.1) is 0 Å². The van der Waals surface area contributed by atoms with Crippen LogP contribution in [0.5, 0.6) is 0 Å². The van der Waals surface area contributed by atoms with Crippen molar-refractivity contribution in [2.45, 2.75) is 33.8 Å². The molecule has 0 spiro atoms. The minimum Gasteiger partial charge on any atom is -0.454 e. The number of rotatable bonds is 3. The van der Waals surface area contributed by atoms with E-state index in [0.29, 0.717) is 11.7 Å². The van der Waals surface area contributed by atoms with Crippen LogP contribution in [-0.4, -0.2) is 16.1 Å². The maximum absolute atomic E-state index is 10.8. The molecule has 0 aliphatic rings. The second kappa shape index (κ2) is 4.21. The lowest BCUT2D eigenvalue weighted by molar-refractivity contribution is -0.149. The topological polar surface area (TPSA) is 65.2 Å². The molecule has 1 unspecified atom stereocenters. The smallest absolute Gasteiger partial charge is 0.303 e. The van der Waals surface area contributed by atoms with E-state index in [9.17, 15) is 4.79 Å². The number of hydrogen-bond donors (Lipinski definition) is 0. The number of carbonyl (C=O) groups excluding carboxylic acids is 1. The quantitative estimate of drug-likeness (QED) is 0.691. The average molecular weight is 198 g/mol. The normalized spacial score (nSPS) is 12.9. The van der Waals surface area contributed by atoms with Gasteiger partial charge in [-0.1, -0.05) is 19.0 Å². The van der Waals surface area contributed by atoms with Crippen molar-refractivity contribution in [2.75, 3.05) is 0 Å². The molecule has 14 heavy (non-hydrogen) atoms. The monoisotopic (exact) mass is 198 g/mol. The molecule has 1 heterocycles. The summed E-state index contributed by atoms with van der Waals surface area (Å²) in [5.41, 5.74) is 0. The highest BCUT2D eigenvalue weighted by Crippen LogP contribution is 2.23. The van der Waals surface area contributed by atoms with Crippen LogP contribution in [0.2, 0.25) is 0 Å². The van der Waals surface area contributed by atoms with Gasteiger partial charge in [0.2, 0.25) is 11.7 Å². The Bertz CT molecular complexity index is 320. The van der Waals surface area contributed by atoms with Gasteiger partial charge in [-0.2, -0.15) is 4.98 Å². The summed E-state index contributed by atoms with van der Waals surface area (Å²) >= 11 is 0. The van der Waals surface area contributed by atoms with E-state index in [1.54, 1.807) is 6.92 Å². The van der Waals surface area contributed by atoms with E-state index in [1.807, 2.05) is 13.8 Å². The predicted molar refractivity (Wildman–Crippen MR) is 48.4 cm³/mol. The van der Waals surface area contributed by atoms with Crippen LogP contribution >= 0.6 is 0 Å². The molecule has 1 aromatic heterocycles. The molecule has 1 atom stereocenters. The summed E-state index contributed by atoms with van der Waals surface area (Å²) in [6.45, 7) is 6.92. The third-order valence-corrected chi connectivity index (χ3v) is 1.70. The standard InChI is InChI=1S/C9H14N2O3/c1-5(2)8(13-7(4)12)9-10-6(3)14-11-9/h5,8H,1-4H3. The van der Waals surface area contributed by atoms with E-state index in [1.165, 1.54) is 6.92 Å². The van der Waals surface area contributed by atoms with Crippen LogP contribution in [0.4, 0.5) is 0 Å². The molecule has 78 valence electrons.